The van der Waals surface area contributed by atoms with Crippen LogP contribution in [-0.2, 0) is 19.1 Å². The second-order valence-corrected chi connectivity index (χ2v) is 5.92. The third-order valence-corrected chi connectivity index (χ3v) is 3.48. The summed E-state index contributed by atoms with van der Waals surface area (Å²) in [4.78, 5) is 45.1. The maximum atomic E-state index is 11.4. The Labute approximate surface area is 267 Å². The monoisotopic (exact) mass is 496 g/mol. The predicted octanol–water partition coefficient (Wildman–Crippen LogP) is -0.762. The molecular formula is C26H26KNaO6. The summed E-state index contributed by atoms with van der Waals surface area (Å²) >= 11 is 0. The second-order valence-electron chi connectivity index (χ2n) is 5.92. The molecule has 6 nitrogen and oxygen atoms in total. The van der Waals surface area contributed by atoms with Crippen LogP contribution in [0.5, 0.6) is 0 Å². The van der Waals surface area contributed by atoms with Gasteiger partial charge in [-0.25, -0.2) is 19.2 Å². The van der Waals surface area contributed by atoms with Crippen molar-refractivity contribution in [2.24, 2.45) is 0 Å². The summed E-state index contributed by atoms with van der Waals surface area (Å²) in [6, 6.07) is 16.7. The van der Waals surface area contributed by atoms with Crippen LogP contribution in [0.4, 0.5) is 0 Å². The number of hydrogen-bond donors (Lipinski definition) is 0. The van der Waals surface area contributed by atoms with Gasteiger partial charge in [-0.1, -0.05) is 72.9 Å². The van der Waals surface area contributed by atoms with Crippen LogP contribution in [0.25, 0.3) is 0 Å². The number of rotatable bonds is 6. The molecule has 0 N–H and O–H groups in total. The number of esters is 4. The molecule has 0 spiro atoms. The zero-order valence-corrected chi connectivity index (χ0v) is 25.0. The summed E-state index contributed by atoms with van der Waals surface area (Å²) in [5.41, 5.74) is 0.713. The fourth-order valence-corrected chi connectivity index (χ4v) is 2.01. The molecule has 0 saturated carbocycles. The molecular weight excluding hydrogens is 470 g/mol. The van der Waals surface area contributed by atoms with Crippen LogP contribution in [0, 0.1) is 0 Å². The first-order chi connectivity index (χ1) is 15.5. The molecule has 0 aliphatic heterocycles. The summed E-state index contributed by atoms with van der Waals surface area (Å²) in [5, 5.41) is 0. The maximum Gasteiger partial charge on any atom is 1.00 e. The van der Waals surface area contributed by atoms with Gasteiger partial charge >= 0.3 is 105 Å². The number of carbonyl (C=O) groups is 4. The summed E-state index contributed by atoms with van der Waals surface area (Å²) in [7, 11) is 0. The normalized spacial score (nSPS) is 10.2. The van der Waals surface area contributed by atoms with E-state index in [1.54, 1.807) is 85.0 Å². The molecule has 8 heteroatoms. The molecule has 2 rings (SSSR count). The van der Waals surface area contributed by atoms with E-state index in [-0.39, 0.29) is 83.8 Å². The summed E-state index contributed by atoms with van der Waals surface area (Å²) < 4.78 is 9.17. The Morgan fingerprint density at radius 3 is 1.24 bits per heavy atom. The number of allylic oxidation sites excluding steroid dienone is 6. The summed E-state index contributed by atoms with van der Waals surface area (Å²) in [6.07, 6.45) is 12.3. The SMILES string of the molecule is C/C=C/C=C/C(=O)OC(=O)c1ccccc1.C/C=C/C=C/C(=O)OC(=O)c1ccccc1.[H-].[H-].[K+].[Na+]. The van der Waals surface area contributed by atoms with Crippen LogP contribution in [0.15, 0.2) is 109 Å². The topological polar surface area (TPSA) is 86.7 Å². The molecule has 2 aromatic rings. The Bertz CT molecular complexity index is 940. The third-order valence-electron chi connectivity index (χ3n) is 3.48. The van der Waals surface area contributed by atoms with E-state index in [4.69, 9.17) is 0 Å². The molecule has 0 aromatic heterocycles. The Balaban J connectivity index is -0.000000256. The molecule has 0 bridgehead atoms. The van der Waals surface area contributed by atoms with E-state index in [0.717, 1.165) is 0 Å². The zero-order valence-electron chi connectivity index (χ0n) is 21.8. The molecule has 0 radical (unpaired) electrons. The van der Waals surface area contributed by atoms with E-state index in [0.29, 0.717) is 11.1 Å². The molecule has 34 heavy (non-hydrogen) atoms. The summed E-state index contributed by atoms with van der Waals surface area (Å²) in [6.45, 7) is 3.65. The van der Waals surface area contributed by atoms with Crippen molar-refractivity contribution in [3.8, 4) is 0 Å². The molecule has 2 aromatic carbocycles. The van der Waals surface area contributed by atoms with Crippen molar-refractivity contribution in [3.05, 3.63) is 120 Å². The van der Waals surface area contributed by atoms with E-state index in [2.05, 4.69) is 9.47 Å². The molecule has 0 saturated heterocycles. The maximum absolute atomic E-state index is 11.4. The third kappa shape index (κ3) is 16.0. The van der Waals surface area contributed by atoms with Crippen molar-refractivity contribution in [1.82, 2.24) is 0 Å². The van der Waals surface area contributed by atoms with Gasteiger partial charge in [0, 0.05) is 12.2 Å². The molecule has 0 aliphatic rings. The van der Waals surface area contributed by atoms with Gasteiger partial charge in [-0.15, -0.1) is 0 Å². The quantitative estimate of drug-likeness (QED) is 0.172. The molecule has 0 amide bonds. The van der Waals surface area contributed by atoms with E-state index in [9.17, 15) is 19.2 Å². The average Bonchev–Trinajstić information content (AvgIpc) is 2.81. The first-order valence-corrected chi connectivity index (χ1v) is 9.69. The van der Waals surface area contributed by atoms with Crippen LogP contribution in [0.3, 0.4) is 0 Å². The fraction of sp³-hybridized carbons (Fsp3) is 0.0769. The minimum absolute atomic E-state index is 0. The van der Waals surface area contributed by atoms with Gasteiger partial charge in [0.25, 0.3) is 0 Å². The first kappa shape index (κ1) is 34.5. The van der Waals surface area contributed by atoms with Gasteiger partial charge in [-0.2, -0.15) is 0 Å². The van der Waals surface area contributed by atoms with E-state index in [1.165, 1.54) is 24.3 Å². The molecule has 0 heterocycles. The van der Waals surface area contributed by atoms with Crippen LogP contribution < -0.4 is 80.9 Å². The van der Waals surface area contributed by atoms with E-state index < -0.39 is 23.9 Å². The second kappa shape index (κ2) is 21.8. The largest absolute Gasteiger partial charge is 1.00 e. The fourth-order valence-electron chi connectivity index (χ4n) is 2.01. The number of ether oxygens (including phenoxy) is 2. The van der Waals surface area contributed by atoms with Crippen molar-refractivity contribution in [2.45, 2.75) is 13.8 Å². The minimum atomic E-state index is -0.674. The van der Waals surface area contributed by atoms with Crippen LogP contribution in [-0.4, -0.2) is 23.9 Å². The molecule has 168 valence electrons. The van der Waals surface area contributed by atoms with Crippen LogP contribution >= 0.6 is 0 Å². The Morgan fingerprint density at radius 2 is 0.941 bits per heavy atom. The smallest absolute Gasteiger partial charge is 1.00 e. The van der Waals surface area contributed by atoms with Gasteiger partial charge in [-0.3, -0.25) is 0 Å². The van der Waals surface area contributed by atoms with Crippen molar-refractivity contribution < 1.29 is 112 Å². The number of hydrogen-bond acceptors (Lipinski definition) is 6. The van der Waals surface area contributed by atoms with Gasteiger partial charge in [0.2, 0.25) is 0 Å². The predicted molar refractivity (Wildman–Crippen MR) is 124 cm³/mol. The molecule has 0 aliphatic carbocycles. The Hall–Kier alpha value is -1.68. The van der Waals surface area contributed by atoms with E-state index in [1.807, 2.05) is 13.8 Å². The average molecular weight is 497 g/mol. The van der Waals surface area contributed by atoms with Crippen molar-refractivity contribution in [3.63, 3.8) is 0 Å². The number of carbonyl (C=O) groups excluding carboxylic acids is 4. The number of benzene rings is 2. The van der Waals surface area contributed by atoms with Crippen molar-refractivity contribution >= 4 is 23.9 Å². The van der Waals surface area contributed by atoms with E-state index >= 15 is 0 Å². The van der Waals surface area contributed by atoms with Gasteiger partial charge in [-0.05, 0) is 38.1 Å². The summed E-state index contributed by atoms with van der Waals surface area (Å²) in [5.74, 6) is -2.63. The van der Waals surface area contributed by atoms with Gasteiger partial charge < -0.3 is 12.3 Å². The molecule has 0 fully saturated rings. The Morgan fingerprint density at radius 1 is 0.618 bits per heavy atom. The van der Waals surface area contributed by atoms with Crippen LogP contribution in [0.1, 0.15) is 37.4 Å². The van der Waals surface area contributed by atoms with Gasteiger partial charge in [0.15, 0.2) is 0 Å². The first-order valence-electron chi connectivity index (χ1n) is 9.69. The van der Waals surface area contributed by atoms with Gasteiger partial charge in [0.05, 0.1) is 11.1 Å². The van der Waals surface area contributed by atoms with Crippen LogP contribution in [0.2, 0.25) is 0 Å². The van der Waals surface area contributed by atoms with Gasteiger partial charge in [0.1, 0.15) is 0 Å². The zero-order chi connectivity index (χ0) is 23.6. The standard InChI is InChI=1S/2C13H12O3.K.Na.2H/c2*1-2-3-5-10-12(14)16-13(15)11-8-6-4-7-9-11;;;;/h2*2-10H,1H3;;;;/q;;2*+1;2*-1/b2*3-2+,10-5+;;;;. The molecule has 0 unspecified atom stereocenters. The molecule has 0 atom stereocenters. The Kier molecular flexibility index (Phi) is 22.1. The van der Waals surface area contributed by atoms with Crippen molar-refractivity contribution in [2.75, 3.05) is 0 Å². The van der Waals surface area contributed by atoms with Crippen molar-refractivity contribution in [1.29, 1.82) is 0 Å². The minimum Gasteiger partial charge on any atom is -1.00 e.